The number of carbonyl (C=O) groups is 5. The second-order valence-corrected chi connectivity index (χ2v) is 15.1. The molecule has 2 aliphatic rings. The highest BCUT2D eigenvalue weighted by Crippen LogP contribution is 2.20. The van der Waals surface area contributed by atoms with Crippen LogP contribution in [0.25, 0.3) is 0 Å². The molecule has 1 amide bonds. The van der Waals surface area contributed by atoms with Crippen molar-refractivity contribution in [1.82, 2.24) is 29.4 Å². The molecule has 2 aliphatic heterocycles. The molecule has 0 aromatic heterocycles. The summed E-state index contributed by atoms with van der Waals surface area (Å²) in [7, 11) is 0. The van der Waals surface area contributed by atoms with E-state index >= 15 is 0 Å². The second kappa shape index (κ2) is 24.0. The van der Waals surface area contributed by atoms with Crippen molar-refractivity contribution in [1.29, 1.82) is 0 Å². The number of nitrogens with zero attached hydrogens (tertiary/aromatic N) is 6. The second-order valence-electron chi connectivity index (χ2n) is 15.1. The first kappa shape index (κ1) is 46.4. The fourth-order valence-electron chi connectivity index (χ4n) is 6.45. The van der Waals surface area contributed by atoms with Crippen molar-refractivity contribution in [3.63, 3.8) is 0 Å². The highest BCUT2D eigenvalue weighted by atomic mass is 16.6. The Balaban J connectivity index is 1.95. The van der Waals surface area contributed by atoms with Crippen LogP contribution in [-0.2, 0) is 46.5 Å². The van der Waals surface area contributed by atoms with E-state index < -0.39 is 35.6 Å². The van der Waals surface area contributed by atoms with Gasteiger partial charge in [0.15, 0.2) is 0 Å². The summed E-state index contributed by atoms with van der Waals surface area (Å²) in [6.07, 6.45) is -0.634. The molecule has 1 aromatic carbocycles. The molecule has 0 atom stereocenters. The molecule has 2 heterocycles. The van der Waals surface area contributed by atoms with Crippen LogP contribution in [-0.4, -0.2) is 217 Å². The zero-order valence-corrected chi connectivity index (χ0v) is 33.0. The number of carboxylic acid groups (broad SMARTS) is 4. The van der Waals surface area contributed by atoms with Crippen LogP contribution in [0.5, 0.6) is 0 Å². The van der Waals surface area contributed by atoms with Gasteiger partial charge in [0.25, 0.3) is 0 Å². The lowest BCUT2D eigenvalue weighted by molar-refractivity contribution is -0.140. The van der Waals surface area contributed by atoms with Crippen molar-refractivity contribution >= 4 is 35.7 Å². The van der Waals surface area contributed by atoms with E-state index in [0.29, 0.717) is 124 Å². The highest BCUT2D eigenvalue weighted by molar-refractivity contribution is 5.85. The molecule has 2 saturated heterocycles. The van der Waals surface area contributed by atoms with E-state index in [2.05, 4.69) is 15.1 Å². The quantitative estimate of drug-likeness (QED) is 0.180. The minimum atomic E-state index is -0.950. The minimum absolute atomic E-state index is 0.154. The number of carboxylic acids is 4. The van der Waals surface area contributed by atoms with Gasteiger partial charge in [-0.05, 0) is 44.0 Å². The molecular weight excluding hydrogens is 734 g/mol. The van der Waals surface area contributed by atoms with Gasteiger partial charge < -0.3 is 34.6 Å². The summed E-state index contributed by atoms with van der Waals surface area (Å²) in [5, 5.41) is 41.0. The molecule has 0 aliphatic carbocycles. The molecule has 3 rings (SSSR count). The standard InChI is InChI=1S/C37H61N7O12/c1-37(2,3)56-36(53)38-31-21-29(23-39-4-8-41(25-32(45)46)12-16-54-17-13-42(9-5-39)26-33(47)48)20-30(22-31)24-40-6-10-43(27-34(49)50)14-18-55-19-15-44(11-7-40)28-35(51)52/h20-22H,4-19,23-28H2,1-3H3,(H,38,53)(H,45,46)(H,47,48)(H,49,50)(H,51,52). The molecule has 0 radical (unpaired) electrons. The SMILES string of the molecule is CC(C)(C)OC(=O)Nc1cc(CN2CCN(CC(=O)O)CCOCCN(CC(=O)O)CC2)cc(CN2CCN(CC(=O)O)CCOCCN(CC(=O)O)CC2)c1. The Morgan fingerprint density at radius 3 is 1.12 bits per heavy atom. The predicted octanol–water partition coefficient (Wildman–Crippen LogP) is 0.244. The maximum atomic E-state index is 13.0. The van der Waals surface area contributed by atoms with Gasteiger partial charge in [-0.25, -0.2) is 4.79 Å². The van der Waals surface area contributed by atoms with Crippen LogP contribution in [0.4, 0.5) is 10.5 Å². The van der Waals surface area contributed by atoms with E-state index in [1.807, 2.05) is 37.8 Å². The number of amides is 1. The van der Waals surface area contributed by atoms with Gasteiger partial charge in [0.05, 0.1) is 52.6 Å². The van der Waals surface area contributed by atoms with Gasteiger partial charge in [-0.15, -0.1) is 0 Å². The van der Waals surface area contributed by atoms with Crippen molar-refractivity contribution in [2.24, 2.45) is 0 Å². The topological polar surface area (TPSA) is 225 Å². The summed E-state index contributed by atoms with van der Waals surface area (Å²) >= 11 is 0. The third-order valence-electron chi connectivity index (χ3n) is 9.08. The summed E-state index contributed by atoms with van der Waals surface area (Å²) in [5.41, 5.74) is 1.42. The third kappa shape index (κ3) is 20.3. The fourth-order valence-corrected chi connectivity index (χ4v) is 6.45. The van der Waals surface area contributed by atoms with Crippen LogP contribution in [0.1, 0.15) is 31.9 Å². The average Bonchev–Trinajstić information content (AvgIpc) is 3.06. The molecular formula is C37H61N7O12. The number of rotatable bonds is 13. The Labute approximate surface area is 328 Å². The van der Waals surface area contributed by atoms with Gasteiger partial charge in [0.1, 0.15) is 5.60 Å². The zero-order chi connectivity index (χ0) is 41.1. The molecule has 19 heteroatoms. The lowest BCUT2D eigenvalue weighted by atomic mass is 10.1. The smallest absolute Gasteiger partial charge is 0.412 e. The number of anilines is 1. The average molecular weight is 796 g/mol. The lowest BCUT2D eigenvalue weighted by Crippen LogP contribution is -2.44. The molecule has 0 spiro atoms. The summed E-state index contributed by atoms with van der Waals surface area (Å²) in [5.74, 6) is -3.80. The highest BCUT2D eigenvalue weighted by Gasteiger charge is 2.21. The minimum Gasteiger partial charge on any atom is -0.480 e. The van der Waals surface area contributed by atoms with E-state index in [4.69, 9.17) is 14.2 Å². The Morgan fingerprint density at radius 2 is 0.839 bits per heavy atom. The van der Waals surface area contributed by atoms with Crippen LogP contribution < -0.4 is 5.32 Å². The molecule has 0 bridgehead atoms. The van der Waals surface area contributed by atoms with Crippen molar-refractivity contribution in [2.75, 3.05) is 136 Å². The van der Waals surface area contributed by atoms with Crippen LogP contribution in [0.2, 0.25) is 0 Å². The van der Waals surface area contributed by atoms with E-state index in [1.165, 1.54) is 0 Å². The van der Waals surface area contributed by atoms with Crippen molar-refractivity contribution in [3.05, 3.63) is 29.3 Å². The number of carbonyl (C=O) groups excluding carboxylic acids is 1. The predicted molar refractivity (Wildman–Crippen MR) is 205 cm³/mol. The van der Waals surface area contributed by atoms with Gasteiger partial charge in [-0.1, -0.05) is 6.07 Å². The number of benzene rings is 1. The summed E-state index contributed by atoms with van der Waals surface area (Å²) in [6, 6.07) is 5.71. The van der Waals surface area contributed by atoms with Crippen LogP contribution in [0, 0.1) is 0 Å². The number of ether oxygens (including phenoxy) is 3. The first-order valence-electron chi connectivity index (χ1n) is 19.0. The van der Waals surface area contributed by atoms with Crippen LogP contribution in [0.3, 0.4) is 0 Å². The molecule has 0 saturated carbocycles. The molecule has 316 valence electrons. The summed E-state index contributed by atoms with van der Waals surface area (Å²) in [6.45, 7) is 11.9. The van der Waals surface area contributed by atoms with Crippen molar-refractivity contribution in [3.8, 4) is 0 Å². The zero-order valence-electron chi connectivity index (χ0n) is 33.0. The van der Waals surface area contributed by atoms with Gasteiger partial charge in [-0.2, -0.15) is 0 Å². The Bertz CT molecular complexity index is 1280. The van der Waals surface area contributed by atoms with E-state index in [9.17, 15) is 44.4 Å². The van der Waals surface area contributed by atoms with Gasteiger partial charge >= 0.3 is 30.0 Å². The normalized spacial score (nSPS) is 19.4. The Kier molecular flexibility index (Phi) is 19.9. The molecule has 56 heavy (non-hydrogen) atoms. The maximum absolute atomic E-state index is 13.0. The summed E-state index contributed by atoms with van der Waals surface area (Å²) < 4.78 is 16.9. The third-order valence-corrected chi connectivity index (χ3v) is 9.08. The molecule has 19 nitrogen and oxygen atoms in total. The van der Waals surface area contributed by atoms with E-state index in [1.54, 1.807) is 20.8 Å². The molecule has 5 N–H and O–H groups in total. The first-order chi connectivity index (χ1) is 26.5. The van der Waals surface area contributed by atoms with E-state index in [0.717, 1.165) is 11.1 Å². The molecule has 1 aromatic rings. The Morgan fingerprint density at radius 1 is 0.536 bits per heavy atom. The van der Waals surface area contributed by atoms with Gasteiger partial charge in [0, 0.05) is 97.3 Å². The number of aliphatic carboxylic acids is 4. The number of nitrogens with one attached hydrogen (secondary N) is 1. The van der Waals surface area contributed by atoms with Crippen LogP contribution in [0.15, 0.2) is 18.2 Å². The van der Waals surface area contributed by atoms with Crippen molar-refractivity contribution < 1.29 is 58.6 Å². The van der Waals surface area contributed by atoms with Gasteiger partial charge in [-0.3, -0.25) is 53.9 Å². The lowest BCUT2D eigenvalue weighted by Gasteiger charge is -2.31. The van der Waals surface area contributed by atoms with Gasteiger partial charge in [0.2, 0.25) is 0 Å². The molecule has 0 unspecified atom stereocenters. The fraction of sp³-hybridized carbons (Fsp3) is 0.703. The monoisotopic (exact) mass is 795 g/mol. The Hall–Kier alpha value is -3.95. The molecule has 2 fully saturated rings. The first-order valence-corrected chi connectivity index (χ1v) is 19.0. The number of hydrogen-bond acceptors (Lipinski definition) is 14. The van der Waals surface area contributed by atoms with Crippen LogP contribution >= 0.6 is 0 Å². The van der Waals surface area contributed by atoms with Crippen molar-refractivity contribution in [2.45, 2.75) is 39.5 Å². The largest absolute Gasteiger partial charge is 0.480 e. The maximum Gasteiger partial charge on any atom is 0.412 e. The summed E-state index contributed by atoms with van der Waals surface area (Å²) in [4.78, 5) is 71.0. The van der Waals surface area contributed by atoms with E-state index in [-0.39, 0.29) is 26.2 Å². The number of hydrogen-bond donors (Lipinski definition) is 5.